The molecule has 0 aromatic heterocycles. The van der Waals surface area contributed by atoms with Crippen LogP contribution in [0.3, 0.4) is 0 Å². The molecule has 0 saturated carbocycles. The Morgan fingerprint density at radius 1 is 1.58 bits per heavy atom. The van der Waals surface area contributed by atoms with Gasteiger partial charge in [-0.2, -0.15) is 4.39 Å². The van der Waals surface area contributed by atoms with Crippen molar-refractivity contribution < 1.29 is 14.2 Å². The summed E-state index contributed by atoms with van der Waals surface area (Å²) in [6.45, 7) is 0.274. The quantitative estimate of drug-likeness (QED) is 0.607. The van der Waals surface area contributed by atoms with E-state index in [0.29, 0.717) is 5.56 Å². The molecule has 4 heteroatoms. The van der Waals surface area contributed by atoms with E-state index in [9.17, 15) is 4.39 Å². The topological polar surface area (TPSA) is 55.5 Å². The molecule has 12 heavy (non-hydrogen) atoms. The van der Waals surface area contributed by atoms with Gasteiger partial charge in [-0.05, 0) is 12.1 Å². The minimum Gasteiger partial charge on any atom is -0.505 e. The van der Waals surface area contributed by atoms with Crippen LogP contribution in [-0.4, -0.2) is 11.7 Å². The van der Waals surface area contributed by atoms with Gasteiger partial charge in [0.05, 0.1) is 6.04 Å². The summed E-state index contributed by atoms with van der Waals surface area (Å²) < 4.78 is 18.0. The summed E-state index contributed by atoms with van der Waals surface area (Å²) in [6, 6.07) is 2.57. The minimum atomic E-state index is -0.722. The molecule has 0 amide bonds. The maximum Gasteiger partial charge on any atom is 0.206 e. The predicted molar refractivity (Wildman–Crippen MR) is 40.5 cm³/mol. The molecule has 0 saturated heterocycles. The van der Waals surface area contributed by atoms with Crippen LogP contribution in [-0.2, 0) is 0 Å². The molecule has 1 aromatic carbocycles. The first-order valence-electron chi connectivity index (χ1n) is 3.60. The van der Waals surface area contributed by atoms with Crippen molar-refractivity contribution in [2.45, 2.75) is 6.04 Å². The second-order valence-electron chi connectivity index (χ2n) is 2.73. The molecule has 1 aromatic rings. The molecular formula is C8H8FNO2. The van der Waals surface area contributed by atoms with Crippen LogP contribution < -0.4 is 10.5 Å². The zero-order valence-corrected chi connectivity index (χ0v) is 6.25. The highest BCUT2D eigenvalue weighted by Crippen LogP contribution is 2.37. The lowest BCUT2D eigenvalue weighted by Gasteiger charge is -2.02. The monoisotopic (exact) mass is 169 g/mol. The Labute approximate surface area is 68.6 Å². The molecule has 1 heterocycles. The summed E-state index contributed by atoms with van der Waals surface area (Å²) in [5, 5.41) is 8.97. The first-order valence-corrected chi connectivity index (χ1v) is 3.60. The predicted octanol–water partition coefficient (Wildman–Crippen LogP) is 0.923. The van der Waals surface area contributed by atoms with Crippen molar-refractivity contribution in [3.8, 4) is 11.5 Å². The summed E-state index contributed by atoms with van der Waals surface area (Å²) in [5.74, 6) is -1.04. The molecule has 0 fully saturated rings. The van der Waals surface area contributed by atoms with Crippen LogP contribution in [0.15, 0.2) is 12.1 Å². The summed E-state index contributed by atoms with van der Waals surface area (Å²) >= 11 is 0. The first-order chi connectivity index (χ1) is 5.70. The number of hydrogen-bond donors (Lipinski definition) is 2. The molecule has 3 nitrogen and oxygen atoms in total. The number of hydrogen-bond acceptors (Lipinski definition) is 3. The third kappa shape index (κ3) is 0.848. The van der Waals surface area contributed by atoms with E-state index in [1.165, 1.54) is 6.07 Å². The maximum absolute atomic E-state index is 13.0. The van der Waals surface area contributed by atoms with Gasteiger partial charge in [0.2, 0.25) is 5.82 Å². The van der Waals surface area contributed by atoms with Crippen molar-refractivity contribution in [3.63, 3.8) is 0 Å². The Hall–Kier alpha value is -1.29. The second kappa shape index (κ2) is 2.35. The highest BCUT2D eigenvalue weighted by molar-refractivity contribution is 5.45. The van der Waals surface area contributed by atoms with Crippen LogP contribution in [0, 0.1) is 5.82 Å². The third-order valence-corrected chi connectivity index (χ3v) is 1.91. The van der Waals surface area contributed by atoms with Crippen molar-refractivity contribution in [3.05, 3.63) is 23.5 Å². The molecule has 0 radical (unpaired) electrons. The molecular weight excluding hydrogens is 161 g/mol. The summed E-state index contributed by atoms with van der Waals surface area (Å²) in [4.78, 5) is 0. The Morgan fingerprint density at radius 2 is 2.33 bits per heavy atom. The van der Waals surface area contributed by atoms with Crippen LogP contribution >= 0.6 is 0 Å². The molecule has 2 rings (SSSR count). The largest absolute Gasteiger partial charge is 0.505 e. The zero-order valence-electron chi connectivity index (χ0n) is 6.25. The highest BCUT2D eigenvalue weighted by atomic mass is 19.1. The SMILES string of the molecule is N[C@H]1COc2c1ccc(O)c2F. The second-order valence-corrected chi connectivity index (χ2v) is 2.73. The van der Waals surface area contributed by atoms with Gasteiger partial charge in [0.15, 0.2) is 11.5 Å². The summed E-state index contributed by atoms with van der Waals surface area (Å²) in [6.07, 6.45) is 0. The summed E-state index contributed by atoms with van der Waals surface area (Å²) in [7, 11) is 0. The van der Waals surface area contributed by atoms with Crippen molar-refractivity contribution in [2.24, 2.45) is 5.73 Å². The lowest BCUT2D eigenvalue weighted by Crippen LogP contribution is -2.10. The molecule has 0 unspecified atom stereocenters. The number of rotatable bonds is 0. The van der Waals surface area contributed by atoms with Crippen LogP contribution in [0.2, 0.25) is 0 Å². The van der Waals surface area contributed by atoms with Crippen molar-refractivity contribution >= 4 is 0 Å². The number of ether oxygens (including phenoxy) is 1. The fourth-order valence-corrected chi connectivity index (χ4v) is 1.26. The van der Waals surface area contributed by atoms with Gasteiger partial charge in [-0.15, -0.1) is 0 Å². The summed E-state index contributed by atoms with van der Waals surface area (Å²) in [5.41, 5.74) is 6.21. The fraction of sp³-hybridized carbons (Fsp3) is 0.250. The number of fused-ring (bicyclic) bond motifs is 1. The lowest BCUT2D eigenvalue weighted by atomic mass is 10.1. The molecule has 3 N–H and O–H groups in total. The van der Waals surface area contributed by atoms with E-state index in [4.69, 9.17) is 15.6 Å². The van der Waals surface area contributed by atoms with E-state index in [1.807, 2.05) is 0 Å². The third-order valence-electron chi connectivity index (χ3n) is 1.91. The smallest absolute Gasteiger partial charge is 0.206 e. The van der Waals surface area contributed by atoms with Crippen molar-refractivity contribution in [1.82, 2.24) is 0 Å². The molecule has 64 valence electrons. The van der Waals surface area contributed by atoms with Crippen LogP contribution in [0.1, 0.15) is 11.6 Å². The maximum atomic E-state index is 13.0. The molecule has 1 aliphatic rings. The molecule has 0 spiro atoms. The average Bonchev–Trinajstić information content (AvgIpc) is 2.41. The average molecular weight is 169 g/mol. The van der Waals surface area contributed by atoms with Crippen LogP contribution in [0.4, 0.5) is 4.39 Å². The number of benzene rings is 1. The van der Waals surface area contributed by atoms with Crippen molar-refractivity contribution in [1.29, 1.82) is 0 Å². The van der Waals surface area contributed by atoms with Crippen LogP contribution in [0.25, 0.3) is 0 Å². The van der Waals surface area contributed by atoms with E-state index < -0.39 is 11.6 Å². The Kier molecular flexibility index (Phi) is 1.44. The standard InChI is InChI=1S/C8H8FNO2/c9-7-6(11)2-1-4-5(10)3-12-8(4)7/h1-2,5,11H,3,10H2/t5-/m0/s1. The first kappa shape index (κ1) is 7.36. The molecule has 0 bridgehead atoms. The number of phenols is 1. The number of halogens is 1. The fourth-order valence-electron chi connectivity index (χ4n) is 1.26. The van der Waals surface area contributed by atoms with Gasteiger partial charge in [-0.1, -0.05) is 0 Å². The molecule has 1 atom stereocenters. The number of phenolic OH excluding ortho intramolecular Hbond substituents is 1. The van der Waals surface area contributed by atoms with Gasteiger partial charge in [0.25, 0.3) is 0 Å². The Morgan fingerprint density at radius 3 is 3.08 bits per heavy atom. The number of nitrogens with two attached hydrogens (primary N) is 1. The van der Waals surface area contributed by atoms with Crippen LogP contribution in [0.5, 0.6) is 11.5 Å². The van der Waals surface area contributed by atoms with E-state index in [2.05, 4.69) is 0 Å². The number of aromatic hydroxyl groups is 1. The van der Waals surface area contributed by atoms with E-state index in [0.717, 1.165) is 0 Å². The zero-order chi connectivity index (χ0) is 8.72. The van der Waals surface area contributed by atoms with Gasteiger partial charge >= 0.3 is 0 Å². The van der Waals surface area contributed by atoms with Gasteiger partial charge in [0.1, 0.15) is 6.61 Å². The minimum absolute atomic E-state index is 0.0856. The van der Waals surface area contributed by atoms with E-state index in [-0.39, 0.29) is 18.4 Å². The van der Waals surface area contributed by atoms with Gasteiger partial charge in [0, 0.05) is 5.56 Å². The van der Waals surface area contributed by atoms with Gasteiger partial charge < -0.3 is 15.6 Å². The van der Waals surface area contributed by atoms with E-state index in [1.54, 1.807) is 6.07 Å². The van der Waals surface area contributed by atoms with Crippen molar-refractivity contribution in [2.75, 3.05) is 6.61 Å². The van der Waals surface area contributed by atoms with Gasteiger partial charge in [-0.25, -0.2) is 0 Å². The Bertz CT molecular complexity index is 327. The lowest BCUT2D eigenvalue weighted by molar-refractivity contribution is 0.313. The molecule has 1 aliphatic heterocycles. The Balaban J connectivity index is 2.60. The molecule has 0 aliphatic carbocycles. The highest BCUT2D eigenvalue weighted by Gasteiger charge is 2.25. The van der Waals surface area contributed by atoms with Gasteiger partial charge in [-0.3, -0.25) is 0 Å². The normalized spacial score (nSPS) is 20.3. The van der Waals surface area contributed by atoms with E-state index >= 15 is 0 Å².